The van der Waals surface area contributed by atoms with Gasteiger partial charge in [-0.15, -0.1) is 0 Å². The maximum Gasteiger partial charge on any atom is 0.306 e. The van der Waals surface area contributed by atoms with Crippen molar-refractivity contribution in [2.45, 2.75) is 251 Å². The summed E-state index contributed by atoms with van der Waals surface area (Å²) in [5, 5.41) is 9.64. The predicted molar refractivity (Wildman–Crippen MR) is 242 cm³/mol. The number of hydrogen-bond donors (Lipinski definition) is 1. The maximum atomic E-state index is 12.2. The standard InChI is InChI=1S/C51H94O4/c1-3-5-7-9-11-13-15-17-19-21-23-25-27-29-31-33-35-37-39-41-43-45-47-54-49-50(48-52)55-51(53)46-44-42-40-38-36-34-32-30-28-26-24-22-20-18-16-14-12-10-8-6-4-2/h15-18,21-24,50,52H,3-14,19-20,25-49H2,1-2H3/b17-15-,18-16-,23-21-,24-22-. The molecule has 1 N–H and O–H groups in total. The molecule has 0 aromatic carbocycles. The van der Waals surface area contributed by atoms with Gasteiger partial charge in [-0.1, -0.05) is 210 Å². The van der Waals surface area contributed by atoms with Gasteiger partial charge in [0.1, 0.15) is 6.10 Å². The molecule has 1 unspecified atom stereocenters. The molecule has 4 heteroatoms. The van der Waals surface area contributed by atoms with Gasteiger partial charge in [0, 0.05) is 13.0 Å². The Balaban J connectivity index is 3.42. The van der Waals surface area contributed by atoms with Crippen LogP contribution in [0.1, 0.15) is 245 Å². The molecule has 0 bridgehead atoms. The number of esters is 1. The van der Waals surface area contributed by atoms with E-state index in [1.54, 1.807) is 0 Å². The van der Waals surface area contributed by atoms with Crippen molar-refractivity contribution in [2.24, 2.45) is 0 Å². The van der Waals surface area contributed by atoms with Crippen LogP contribution >= 0.6 is 0 Å². The summed E-state index contributed by atoms with van der Waals surface area (Å²) < 4.78 is 11.2. The van der Waals surface area contributed by atoms with Gasteiger partial charge in [-0.05, 0) is 77.0 Å². The molecule has 0 aromatic rings. The smallest absolute Gasteiger partial charge is 0.306 e. The molecule has 0 amide bonds. The minimum absolute atomic E-state index is 0.174. The molecule has 0 spiro atoms. The molecule has 0 heterocycles. The van der Waals surface area contributed by atoms with Crippen LogP contribution in [0.2, 0.25) is 0 Å². The summed E-state index contributed by atoms with van der Waals surface area (Å²) >= 11 is 0. The fraction of sp³-hybridized carbons (Fsp3) is 0.824. The molecule has 0 saturated carbocycles. The quantitative estimate of drug-likeness (QED) is 0.0381. The monoisotopic (exact) mass is 771 g/mol. The third-order valence-corrected chi connectivity index (χ3v) is 10.6. The largest absolute Gasteiger partial charge is 0.457 e. The van der Waals surface area contributed by atoms with Crippen molar-refractivity contribution < 1.29 is 19.4 Å². The van der Waals surface area contributed by atoms with Crippen LogP contribution in [0.3, 0.4) is 0 Å². The van der Waals surface area contributed by atoms with Gasteiger partial charge >= 0.3 is 5.97 Å². The van der Waals surface area contributed by atoms with Gasteiger partial charge in [0.2, 0.25) is 0 Å². The number of hydrogen-bond acceptors (Lipinski definition) is 4. The first-order chi connectivity index (χ1) is 27.2. The molecule has 0 aromatic heterocycles. The average molecular weight is 771 g/mol. The van der Waals surface area contributed by atoms with E-state index in [0.717, 1.165) is 32.1 Å². The third-order valence-electron chi connectivity index (χ3n) is 10.6. The number of carbonyl (C=O) groups is 1. The van der Waals surface area contributed by atoms with E-state index in [2.05, 4.69) is 62.5 Å². The zero-order chi connectivity index (χ0) is 39.8. The van der Waals surface area contributed by atoms with Crippen molar-refractivity contribution >= 4 is 5.97 Å². The number of allylic oxidation sites excluding steroid dienone is 8. The lowest BCUT2D eigenvalue weighted by Gasteiger charge is -2.16. The molecular weight excluding hydrogens is 677 g/mol. The molecule has 0 rings (SSSR count). The van der Waals surface area contributed by atoms with Crippen LogP contribution in [0.15, 0.2) is 48.6 Å². The van der Waals surface area contributed by atoms with E-state index >= 15 is 0 Å². The van der Waals surface area contributed by atoms with Gasteiger partial charge in [0.05, 0.1) is 13.2 Å². The summed E-state index contributed by atoms with van der Waals surface area (Å²) in [7, 11) is 0. The van der Waals surface area contributed by atoms with E-state index in [-0.39, 0.29) is 12.6 Å². The van der Waals surface area contributed by atoms with Gasteiger partial charge < -0.3 is 14.6 Å². The fourth-order valence-corrected chi connectivity index (χ4v) is 6.98. The SMILES string of the molecule is CCCCCCC/C=C\C/C=C\CCCCCCCCCCCCOCC(CO)OC(=O)CCCCCCCCCCC/C=C\C/C=C\CCCCCCC. The van der Waals surface area contributed by atoms with Crippen molar-refractivity contribution in [3.05, 3.63) is 48.6 Å². The number of unbranched alkanes of at least 4 members (excludes halogenated alkanes) is 29. The van der Waals surface area contributed by atoms with Gasteiger partial charge in [-0.25, -0.2) is 0 Å². The second kappa shape index (κ2) is 48.5. The van der Waals surface area contributed by atoms with Crippen LogP contribution < -0.4 is 0 Å². The van der Waals surface area contributed by atoms with Gasteiger partial charge in [-0.2, -0.15) is 0 Å². The highest BCUT2D eigenvalue weighted by Gasteiger charge is 2.13. The first kappa shape index (κ1) is 53.4. The second-order valence-corrected chi connectivity index (χ2v) is 16.2. The van der Waals surface area contributed by atoms with Crippen molar-refractivity contribution in [3.8, 4) is 0 Å². The molecule has 0 aliphatic heterocycles. The fourth-order valence-electron chi connectivity index (χ4n) is 6.98. The van der Waals surface area contributed by atoms with Crippen molar-refractivity contribution in [1.82, 2.24) is 0 Å². The van der Waals surface area contributed by atoms with Crippen LogP contribution in [-0.2, 0) is 14.3 Å². The molecule has 322 valence electrons. The Morgan fingerprint density at radius 2 is 0.764 bits per heavy atom. The summed E-state index contributed by atoms with van der Waals surface area (Å²) in [6, 6.07) is 0. The van der Waals surface area contributed by atoms with E-state index in [4.69, 9.17) is 9.47 Å². The molecular formula is C51H94O4. The van der Waals surface area contributed by atoms with Crippen LogP contribution in [0.4, 0.5) is 0 Å². The lowest BCUT2D eigenvalue weighted by molar-refractivity contribution is -0.154. The summed E-state index contributed by atoms with van der Waals surface area (Å²) in [4.78, 5) is 12.2. The Morgan fingerprint density at radius 3 is 1.13 bits per heavy atom. The van der Waals surface area contributed by atoms with Crippen molar-refractivity contribution in [1.29, 1.82) is 0 Å². The third kappa shape index (κ3) is 46.6. The lowest BCUT2D eigenvalue weighted by Crippen LogP contribution is -2.27. The summed E-state index contributed by atoms with van der Waals surface area (Å²) in [5.74, 6) is -0.204. The molecule has 0 radical (unpaired) electrons. The second-order valence-electron chi connectivity index (χ2n) is 16.2. The molecule has 55 heavy (non-hydrogen) atoms. The minimum atomic E-state index is -0.539. The predicted octanol–water partition coefficient (Wildman–Crippen LogP) is 16.2. The van der Waals surface area contributed by atoms with E-state index in [9.17, 15) is 9.90 Å². The summed E-state index contributed by atoms with van der Waals surface area (Å²) in [5.41, 5.74) is 0. The highest BCUT2D eigenvalue weighted by atomic mass is 16.6. The zero-order valence-corrected chi connectivity index (χ0v) is 36.9. The molecule has 0 saturated heterocycles. The number of aliphatic hydroxyl groups excluding tert-OH is 1. The number of ether oxygens (including phenoxy) is 2. The van der Waals surface area contributed by atoms with E-state index in [0.29, 0.717) is 19.6 Å². The Hall–Kier alpha value is -1.65. The van der Waals surface area contributed by atoms with Gasteiger partial charge in [0.25, 0.3) is 0 Å². The average Bonchev–Trinajstić information content (AvgIpc) is 3.19. The Bertz CT molecular complexity index is 859. The van der Waals surface area contributed by atoms with Crippen LogP contribution in [-0.4, -0.2) is 37.0 Å². The van der Waals surface area contributed by atoms with E-state index in [1.807, 2.05) is 0 Å². The molecule has 0 fully saturated rings. The summed E-state index contributed by atoms with van der Waals surface area (Å²) in [6.45, 7) is 5.34. The topological polar surface area (TPSA) is 55.8 Å². The maximum absolute atomic E-state index is 12.2. The Labute approximate surface area is 343 Å². The van der Waals surface area contributed by atoms with Crippen molar-refractivity contribution in [3.63, 3.8) is 0 Å². The van der Waals surface area contributed by atoms with Gasteiger partial charge in [0.15, 0.2) is 0 Å². The Morgan fingerprint density at radius 1 is 0.436 bits per heavy atom. The molecule has 1 atom stereocenters. The van der Waals surface area contributed by atoms with Crippen LogP contribution in [0.25, 0.3) is 0 Å². The van der Waals surface area contributed by atoms with Gasteiger partial charge in [-0.3, -0.25) is 4.79 Å². The number of aliphatic hydroxyl groups is 1. The van der Waals surface area contributed by atoms with Crippen molar-refractivity contribution in [2.75, 3.05) is 19.8 Å². The summed E-state index contributed by atoms with van der Waals surface area (Å²) in [6.07, 6.45) is 63.3. The molecule has 0 aliphatic rings. The Kier molecular flexibility index (Phi) is 47.0. The highest BCUT2D eigenvalue weighted by molar-refractivity contribution is 5.69. The van der Waals surface area contributed by atoms with E-state index in [1.165, 1.54) is 193 Å². The molecule has 4 nitrogen and oxygen atoms in total. The minimum Gasteiger partial charge on any atom is -0.457 e. The lowest BCUT2D eigenvalue weighted by atomic mass is 10.1. The number of carbonyl (C=O) groups excluding carboxylic acids is 1. The molecule has 0 aliphatic carbocycles. The number of rotatable bonds is 45. The van der Waals surface area contributed by atoms with Crippen LogP contribution in [0, 0.1) is 0 Å². The van der Waals surface area contributed by atoms with E-state index < -0.39 is 6.10 Å². The first-order valence-electron chi connectivity index (χ1n) is 24.2. The first-order valence-corrected chi connectivity index (χ1v) is 24.2. The highest BCUT2D eigenvalue weighted by Crippen LogP contribution is 2.14. The van der Waals surface area contributed by atoms with Crippen LogP contribution in [0.5, 0.6) is 0 Å². The zero-order valence-electron chi connectivity index (χ0n) is 36.9. The normalized spacial score (nSPS) is 12.7.